The first-order valence-corrected chi connectivity index (χ1v) is 9.62. The number of benzene rings is 2. The van der Waals surface area contributed by atoms with Crippen molar-refractivity contribution in [2.24, 2.45) is 11.0 Å². The third-order valence-electron chi connectivity index (χ3n) is 5.14. The number of carbonyl (C=O) groups excluding carboxylic acids is 1. The molecule has 0 bridgehead atoms. The van der Waals surface area contributed by atoms with Crippen molar-refractivity contribution in [3.8, 4) is 11.5 Å². The van der Waals surface area contributed by atoms with Gasteiger partial charge in [0.25, 0.3) is 0 Å². The molecule has 146 valence electrons. The summed E-state index contributed by atoms with van der Waals surface area (Å²) >= 11 is 0. The van der Waals surface area contributed by atoms with Gasteiger partial charge in [0.05, 0.1) is 28.6 Å². The van der Waals surface area contributed by atoms with E-state index in [0.29, 0.717) is 12.2 Å². The van der Waals surface area contributed by atoms with Gasteiger partial charge in [-0.25, -0.2) is 9.99 Å². The molecule has 7 nitrogen and oxygen atoms in total. The zero-order chi connectivity index (χ0) is 20.0. The van der Waals surface area contributed by atoms with Gasteiger partial charge in [0.1, 0.15) is 6.04 Å². The molecule has 1 amide bonds. The highest BCUT2D eigenvalue weighted by Gasteiger charge is 2.35. The Balaban J connectivity index is 1.53. The summed E-state index contributed by atoms with van der Waals surface area (Å²) in [5.41, 5.74) is 4.09. The Labute approximate surface area is 168 Å². The average molecular weight is 388 g/mol. The van der Waals surface area contributed by atoms with Crippen LogP contribution in [0.1, 0.15) is 37.6 Å². The normalized spacial score (nSPS) is 17.8. The highest BCUT2D eigenvalue weighted by Crippen LogP contribution is 2.37. The molecule has 2 aromatic carbocycles. The van der Waals surface area contributed by atoms with Crippen molar-refractivity contribution in [3.05, 3.63) is 59.9 Å². The standard InChI is InChI=1S/C22H20N4O3/c1-13(2)22(27)26-19(18-11-23-15-5-3-4-6-16(15)24-18)10-17(25-26)14-7-8-20-21(9-14)29-12-28-20/h3-9,11,13,19H,10,12H2,1-2H3. The minimum atomic E-state index is -0.289. The zero-order valence-corrected chi connectivity index (χ0v) is 16.2. The molecule has 0 N–H and O–H groups in total. The minimum Gasteiger partial charge on any atom is -0.454 e. The summed E-state index contributed by atoms with van der Waals surface area (Å²) in [6, 6.07) is 13.1. The maximum Gasteiger partial charge on any atom is 0.245 e. The lowest BCUT2D eigenvalue weighted by atomic mass is 10.0. The molecule has 0 saturated carbocycles. The number of rotatable bonds is 3. The molecule has 0 saturated heterocycles. The van der Waals surface area contributed by atoms with E-state index in [4.69, 9.17) is 14.5 Å². The fraction of sp³-hybridized carbons (Fsp3) is 0.273. The van der Waals surface area contributed by atoms with Crippen molar-refractivity contribution in [2.45, 2.75) is 26.3 Å². The smallest absolute Gasteiger partial charge is 0.245 e. The number of carbonyl (C=O) groups is 1. The molecule has 29 heavy (non-hydrogen) atoms. The van der Waals surface area contributed by atoms with Gasteiger partial charge in [-0.1, -0.05) is 26.0 Å². The molecule has 1 aromatic heterocycles. The van der Waals surface area contributed by atoms with Gasteiger partial charge in [-0.2, -0.15) is 5.10 Å². The lowest BCUT2D eigenvalue weighted by Crippen LogP contribution is -2.31. The van der Waals surface area contributed by atoms with Crippen molar-refractivity contribution in [3.63, 3.8) is 0 Å². The van der Waals surface area contributed by atoms with Gasteiger partial charge in [-0.15, -0.1) is 0 Å². The quantitative estimate of drug-likeness (QED) is 0.684. The second kappa shape index (κ2) is 6.84. The fourth-order valence-corrected chi connectivity index (χ4v) is 3.59. The van der Waals surface area contributed by atoms with Gasteiger partial charge >= 0.3 is 0 Å². The van der Waals surface area contributed by atoms with Gasteiger partial charge in [0.15, 0.2) is 11.5 Å². The van der Waals surface area contributed by atoms with Crippen LogP contribution in [0.25, 0.3) is 11.0 Å². The average Bonchev–Trinajstić information content (AvgIpc) is 3.39. The third-order valence-corrected chi connectivity index (χ3v) is 5.14. The van der Waals surface area contributed by atoms with Crippen LogP contribution in [0, 0.1) is 5.92 Å². The zero-order valence-electron chi connectivity index (χ0n) is 16.2. The Hall–Kier alpha value is -3.48. The van der Waals surface area contributed by atoms with E-state index in [1.807, 2.05) is 56.3 Å². The van der Waals surface area contributed by atoms with Crippen molar-refractivity contribution in [1.82, 2.24) is 15.0 Å². The summed E-state index contributed by atoms with van der Waals surface area (Å²) in [6.07, 6.45) is 2.30. The van der Waals surface area contributed by atoms with E-state index in [1.165, 1.54) is 0 Å². The van der Waals surface area contributed by atoms with Gasteiger partial charge in [0.2, 0.25) is 12.7 Å². The lowest BCUT2D eigenvalue weighted by Gasteiger charge is -2.22. The van der Waals surface area contributed by atoms with Gasteiger partial charge < -0.3 is 9.47 Å². The third kappa shape index (κ3) is 3.08. The van der Waals surface area contributed by atoms with Gasteiger partial charge in [-0.3, -0.25) is 9.78 Å². The molecular weight excluding hydrogens is 368 g/mol. The maximum atomic E-state index is 12.9. The van der Waals surface area contributed by atoms with Crippen LogP contribution in [-0.4, -0.2) is 33.4 Å². The maximum absolute atomic E-state index is 12.9. The van der Waals surface area contributed by atoms with Crippen LogP contribution >= 0.6 is 0 Å². The van der Waals surface area contributed by atoms with E-state index < -0.39 is 0 Å². The first-order valence-electron chi connectivity index (χ1n) is 9.62. The Morgan fingerprint density at radius 2 is 1.90 bits per heavy atom. The number of hydrazone groups is 1. The van der Waals surface area contributed by atoms with Crippen LogP contribution in [0.5, 0.6) is 11.5 Å². The summed E-state index contributed by atoms with van der Waals surface area (Å²) in [7, 11) is 0. The second-order valence-electron chi connectivity index (χ2n) is 7.46. The Morgan fingerprint density at radius 1 is 1.10 bits per heavy atom. The largest absolute Gasteiger partial charge is 0.454 e. The number of ether oxygens (including phenoxy) is 2. The number of amides is 1. The molecule has 3 heterocycles. The topological polar surface area (TPSA) is 76.9 Å². The number of hydrogen-bond acceptors (Lipinski definition) is 6. The van der Waals surface area contributed by atoms with Crippen LogP contribution in [0.15, 0.2) is 53.8 Å². The number of para-hydroxylation sites is 2. The number of fused-ring (bicyclic) bond motifs is 2. The lowest BCUT2D eigenvalue weighted by molar-refractivity contribution is -0.136. The first kappa shape index (κ1) is 17.6. The van der Waals surface area contributed by atoms with Crippen LogP contribution in [0.4, 0.5) is 0 Å². The van der Waals surface area contributed by atoms with Crippen LogP contribution in [-0.2, 0) is 4.79 Å². The molecule has 1 unspecified atom stereocenters. The Kier molecular flexibility index (Phi) is 4.16. The molecule has 5 rings (SSSR count). The van der Waals surface area contributed by atoms with Crippen molar-refractivity contribution in [1.29, 1.82) is 0 Å². The molecule has 3 aromatic rings. The monoisotopic (exact) mass is 388 g/mol. The molecule has 2 aliphatic rings. The number of hydrogen-bond donors (Lipinski definition) is 0. The SMILES string of the molecule is CC(C)C(=O)N1N=C(c2ccc3c(c2)OCO3)CC1c1cnc2ccccc2n1. The van der Waals surface area contributed by atoms with E-state index in [1.54, 1.807) is 11.2 Å². The molecular formula is C22H20N4O3. The number of aromatic nitrogens is 2. The summed E-state index contributed by atoms with van der Waals surface area (Å²) < 4.78 is 10.9. The van der Waals surface area contributed by atoms with Crippen molar-refractivity contribution < 1.29 is 14.3 Å². The van der Waals surface area contributed by atoms with Crippen LogP contribution in [0.2, 0.25) is 0 Å². The van der Waals surface area contributed by atoms with E-state index in [2.05, 4.69) is 10.1 Å². The predicted molar refractivity (Wildman–Crippen MR) is 108 cm³/mol. The molecule has 0 aliphatic carbocycles. The van der Waals surface area contributed by atoms with Crippen LogP contribution in [0.3, 0.4) is 0 Å². The number of nitrogens with zero attached hydrogens (tertiary/aromatic N) is 4. The Morgan fingerprint density at radius 3 is 2.72 bits per heavy atom. The summed E-state index contributed by atoms with van der Waals surface area (Å²) in [5, 5.41) is 6.24. The van der Waals surface area contributed by atoms with Crippen molar-refractivity contribution in [2.75, 3.05) is 6.79 Å². The minimum absolute atomic E-state index is 0.0410. The van der Waals surface area contributed by atoms with E-state index in [9.17, 15) is 4.79 Å². The fourth-order valence-electron chi connectivity index (χ4n) is 3.59. The van der Waals surface area contributed by atoms with E-state index in [0.717, 1.165) is 33.8 Å². The van der Waals surface area contributed by atoms with E-state index >= 15 is 0 Å². The van der Waals surface area contributed by atoms with Crippen LogP contribution < -0.4 is 9.47 Å². The first-order chi connectivity index (χ1) is 14.1. The van der Waals surface area contributed by atoms with E-state index in [-0.39, 0.29) is 24.7 Å². The molecule has 0 fully saturated rings. The molecule has 2 aliphatic heterocycles. The Bertz CT molecular complexity index is 1140. The summed E-state index contributed by atoms with van der Waals surface area (Å²) in [6.45, 7) is 3.97. The highest BCUT2D eigenvalue weighted by atomic mass is 16.7. The van der Waals surface area contributed by atoms with Gasteiger partial charge in [0, 0.05) is 17.9 Å². The molecule has 7 heteroatoms. The molecule has 1 atom stereocenters. The summed E-state index contributed by atoms with van der Waals surface area (Å²) in [4.78, 5) is 22.2. The molecule has 0 radical (unpaired) electrons. The predicted octanol–water partition coefficient (Wildman–Crippen LogP) is 3.69. The summed E-state index contributed by atoms with van der Waals surface area (Å²) in [5.74, 6) is 1.20. The second-order valence-corrected chi connectivity index (χ2v) is 7.46. The molecule has 0 spiro atoms. The van der Waals surface area contributed by atoms with Crippen molar-refractivity contribution >= 4 is 22.7 Å². The van der Waals surface area contributed by atoms with Gasteiger partial charge in [-0.05, 0) is 30.3 Å². The highest BCUT2D eigenvalue weighted by molar-refractivity contribution is 6.03.